The van der Waals surface area contributed by atoms with Crippen LogP contribution in [0.25, 0.3) is 0 Å². The number of aryl methyl sites for hydroxylation is 2. The van der Waals surface area contributed by atoms with E-state index in [9.17, 15) is 16.8 Å². The van der Waals surface area contributed by atoms with Gasteiger partial charge in [-0.3, -0.25) is 0 Å². The van der Waals surface area contributed by atoms with E-state index in [4.69, 9.17) is 5.10 Å². The molecule has 0 unspecified atom stereocenters. The van der Waals surface area contributed by atoms with Crippen LogP contribution in [0.4, 0.5) is 0 Å². The predicted molar refractivity (Wildman–Crippen MR) is 240 cm³/mol. The van der Waals surface area contributed by atoms with Crippen molar-refractivity contribution in [2.24, 2.45) is 0 Å². The van der Waals surface area contributed by atoms with Crippen LogP contribution in [0, 0.1) is 13.8 Å². The molecule has 2 aliphatic heterocycles. The van der Waals surface area contributed by atoms with Crippen molar-refractivity contribution in [3.05, 3.63) is 179 Å². The molecule has 9 rings (SSSR count). The van der Waals surface area contributed by atoms with Crippen LogP contribution in [0.15, 0.2) is 149 Å². The highest BCUT2D eigenvalue weighted by Crippen LogP contribution is 2.43. The molecule has 0 bridgehead atoms. The van der Waals surface area contributed by atoms with Gasteiger partial charge in [-0.15, -0.1) is 20.4 Å². The number of nitrogens with zero attached hydrogens (tertiary/aromatic N) is 9. The van der Waals surface area contributed by atoms with Crippen molar-refractivity contribution in [1.29, 1.82) is 0 Å². The van der Waals surface area contributed by atoms with Gasteiger partial charge in [-0.25, -0.2) is 16.8 Å². The third-order valence-electron chi connectivity index (χ3n) is 12.7. The van der Waals surface area contributed by atoms with Gasteiger partial charge in [0.2, 0.25) is 20.0 Å². The standard InChI is InChI=1S/C28H31N5O2S.C19H21N5O2S/c1-22-14-16-25(17-15-22)36(34,35)32-20-18-28(19-21-32,24-12-8-5-9-13-24)26-29-31-33(30-26)27(2,3)23-10-6-4-7-11-23;1-15-7-9-17(10-8-15)27(25,26)24-13-11-19(12-14-24,18-20-22-23-21-18)16-5-3-2-4-6-16/h4-17H,18-21H2,1-3H3;2-10H,11-14H2,1H3,(H,20,21,22,23). The van der Waals surface area contributed by atoms with Gasteiger partial charge in [0.25, 0.3) is 0 Å². The second-order valence-electron chi connectivity index (χ2n) is 16.9. The first-order valence-corrected chi connectivity index (χ1v) is 24.0. The van der Waals surface area contributed by atoms with Gasteiger partial charge in [0, 0.05) is 26.2 Å². The van der Waals surface area contributed by atoms with Gasteiger partial charge in [0.05, 0.1) is 20.6 Å². The van der Waals surface area contributed by atoms with E-state index < -0.39 is 36.4 Å². The number of H-pyrrole nitrogens is 1. The lowest BCUT2D eigenvalue weighted by Crippen LogP contribution is -2.46. The van der Waals surface area contributed by atoms with E-state index in [2.05, 4.69) is 69.0 Å². The summed E-state index contributed by atoms with van der Waals surface area (Å²) in [5, 5.41) is 28.7. The summed E-state index contributed by atoms with van der Waals surface area (Å²) in [5.41, 5.74) is 3.87. The molecule has 0 amide bonds. The normalized spacial score (nSPS) is 17.1. The molecule has 0 saturated carbocycles. The Morgan fingerprint density at radius 3 is 1.37 bits per heavy atom. The lowest BCUT2D eigenvalue weighted by atomic mass is 9.72. The van der Waals surface area contributed by atoms with Crippen LogP contribution in [-0.4, -0.2) is 92.5 Å². The fourth-order valence-electron chi connectivity index (χ4n) is 8.70. The number of piperidine rings is 2. The summed E-state index contributed by atoms with van der Waals surface area (Å²) < 4.78 is 55.9. The minimum Gasteiger partial charge on any atom is -0.207 e. The molecule has 2 fully saturated rings. The molecule has 4 heterocycles. The number of hydrogen-bond donors (Lipinski definition) is 1. The molecule has 7 aromatic rings. The lowest BCUT2D eigenvalue weighted by Gasteiger charge is -2.39. The molecule has 14 nitrogen and oxygen atoms in total. The first-order valence-electron chi connectivity index (χ1n) is 21.1. The maximum Gasteiger partial charge on any atom is 0.243 e. The molecule has 0 aliphatic carbocycles. The van der Waals surface area contributed by atoms with Crippen molar-refractivity contribution >= 4 is 20.0 Å². The van der Waals surface area contributed by atoms with Crippen LogP contribution in [0.5, 0.6) is 0 Å². The Hall–Kier alpha value is -5.94. The first kappa shape index (κ1) is 43.7. The fraction of sp³-hybridized carbons (Fsp3) is 0.319. The van der Waals surface area contributed by atoms with Crippen molar-refractivity contribution in [1.82, 2.24) is 49.4 Å². The summed E-state index contributed by atoms with van der Waals surface area (Å²) >= 11 is 0. The average Bonchev–Trinajstić information content (AvgIpc) is 4.06. The third-order valence-corrected chi connectivity index (χ3v) is 16.5. The number of rotatable bonds is 10. The molecule has 0 atom stereocenters. The first-order chi connectivity index (χ1) is 30.3. The summed E-state index contributed by atoms with van der Waals surface area (Å²) in [7, 11) is -7.09. The van der Waals surface area contributed by atoms with Crippen LogP contribution in [0.3, 0.4) is 0 Å². The smallest absolute Gasteiger partial charge is 0.207 e. The summed E-state index contributed by atoms with van der Waals surface area (Å²) in [5.74, 6) is 1.24. The number of aromatic amines is 1. The van der Waals surface area contributed by atoms with Gasteiger partial charge in [-0.1, -0.05) is 132 Å². The van der Waals surface area contributed by atoms with Crippen molar-refractivity contribution in [2.75, 3.05) is 26.2 Å². The Morgan fingerprint density at radius 2 is 0.952 bits per heavy atom. The Morgan fingerprint density at radius 1 is 0.540 bits per heavy atom. The molecule has 63 heavy (non-hydrogen) atoms. The fourth-order valence-corrected chi connectivity index (χ4v) is 11.6. The minimum absolute atomic E-state index is 0.328. The Kier molecular flexibility index (Phi) is 12.3. The van der Waals surface area contributed by atoms with E-state index in [0.29, 0.717) is 73.3 Å². The molecule has 0 spiro atoms. The topological polar surface area (TPSA) is 173 Å². The number of tetrazole rings is 2. The maximum atomic E-state index is 13.4. The second kappa shape index (κ2) is 17.7. The summed E-state index contributed by atoms with van der Waals surface area (Å²) in [6, 6.07) is 44.3. The van der Waals surface area contributed by atoms with Crippen molar-refractivity contribution in [3.63, 3.8) is 0 Å². The van der Waals surface area contributed by atoms with Gasteiger partial charge in [0.1, 0.15) is 5.54 Å². The van der Waals surface area contributed by atoms with E-state index in [1.165, 1.54) is 0 Å². The predicted octanol–water partition coefficient (Wildman–Crippen LogP) is 6.81. The summed E-state index contributed by atoms with van der Waals surface area (Å²) in [6.07, 6.45) is 2.34. The molecule has 2 saturated heterocycles. The SMILES string of the molecule is Cc1ccc(S(=O)(=O)N2CCC(c3ccccc3)(c3nn[nH]n3)CC2)cc1.Cc1ccc(S(=O)(=O)N2CCC(c3ccccc3)(c3nnn(C(C)(C)c4ccccc4)n3)CC2)cc1. The molecule has 0 radical (unpaired) electrons. The lowest BCUT2D eigenvalue weighted by molar-refractivity contribution is 0.254. The molecule has 2 aromatic heterocycles. The van der Waals surface area contributed by atoms with Crippen LogP contribution >= 0.6 is 0 Å². The Labute approximate surface area is 369 Å². The van der Waals surface area contributed by atoms with E-state index in [-0.39, 0.29) is 0 Å². The number of benzene rings is 5. The molecular weight excluding hydrogens is 833 g/mol. The van der Waals surface area contributed by atoms with Crippen LogP contribution in [0.2, 0.25) is 0 Å². The van der Waals surface area contributed by atoms with E-state index in [1.54, 1.807) is 37.7 Å². The number of aromatic nitrogens is 8. The van der Waals surface area contributed by atoms with Crippen LogP contribution in [-0.2, 0) is 36.4 Å². The zero-order valence-electron chi connectivity index (χ0n) is 35.9. The van der Waals surface area contributed by atoms with Gasteiger partial charge in [0.15, 0.2) is 11.6 Å². The average molecular weight is 885 g/mol. The van der Waals surface area contributed by atoms with Crippen LogP contribution < -0.4 is 0 Å². The van der Waals surface area contributed by atoms with E-state index in [0.717, 1.165) is 27.8 Å². The molecule has 5 aromatic carbocycles. The largest absolute Gasteiger partial charge is 0.243 e. The summed E-state index contributed by atoms with van der Waals surface area (Å²) in [6.45, 7) is 9.59. The van der Waals surface area contributed by atoms with E-state index in [1.807, 2.05) is 105 Å². The quantitative estimate of drug-likeness (QED) is 0.154. The number of hydrogen-bond acceptors (Lipinski definition) is 10. The Bertz CT molecular complexity index is 2810. The molecule has 2 aliphatic rings. The van der Waals surface area contributed by atoms with Gasteiger partial charge in [-0.2, -0.15) is 18.6 Å². The third kappa shape index (κ3) is 8.60. The highest BCUT2D eigenvalue weighted by molar-refractivity contribution is 7.89. The molecule has 326 valence electrons. The van der Waals surface area contributed by atoms with E-state index >= 15 is 0 Å². The zero-order valence-corrected chi connectivity index (χ0v) is 37.5. The molecule has 16 heteroatoms. The van der Waals surface area contributed by atoms with Crippen molar-refractivity contribution in [2.45, 2.75) is 79.5 Å². The Balaban J connectivity index is 0.000000180. The minimum atomic E-state index is -3.58. The van der Waals surface area contributed by atoms with Gasteiger partial charge in [-0.05, 0) is 99.5 Å². The molecule has 1 N–H and O–H groups in total. The van der Waals surface area contributed by atoms with Crippen LogP contribution in [0.1, 0.15) is 79.0 Å². The zero-order chi connectivity index (χ0) is 44.3. The highest BCUT2D eigenvalue weighted by Gasteiger charge is 2.46. The van der Waals surface area contributed by atoms with Gasteiger partial charge < -0.3 is 0 Å². The van der Waals surface area contributed by atoms with Crippen molar-refractivity contribution in [3.8, 4) is 0 Å². The van der Waals surface area contributed by atoms with Crippen molar-refractivity contribution < 1.29 is 16.8 Å². The maximum absolute atomic E-state index is 13.4. The molecular formula is C47H52N10O4S2. The number of nitrogens with one attached hydrogen (secondary N) is 1. The second-order valence-corrected chi connectivity index (χ2v) is 20.8. The van der Waals surface area contributed by atoms with Gasteiger partial charge >= 0.3 is 0 Å². The number of sulfonamides is 2. The monoisotopic (exact) mass is 884 g/mol. The highest BCUT2D eigenvalue weighted by atomic mass is 32.2. The summed E-state index contributed by atoms with van der Waals surface area (Å²) in [4.78, 5) is 2.34.